The zero-order valence-electron chi connectivity index (χ0n) is 11.6. The van der Waals surface area contributed by atoms with Gasteiger partial charge in [-0.1, -0.05) is 32.1 Å². The Morgan fingerprint density at radius 3 is 2.22 bits per heavy atom. The van der Waals surface area contributed by atoms with E-state index in [0.29, 0.717) is 6.54 Å². The summed E-state index contributed by atoms with van der Waals surface area (Å²) in [5, 5.41) is 3.14. The summed E-state index contributed by atoms with van der Waals surface area (Å²) in [6, 6.07) is 0. The Kier molecular flexibility index (Phi) is 5.98. The Morgan fingerprint density at radius 1 is 0.944 bits per heavy atom. The third kappa shape index (κ3) is 4.97. The van der Waals surface area contributed by atoms with Crippen LogP contribution in [0.4, 0.5) is 0 Å². The highest BCUT2D eigenvalue weighted by atomic mass is 16.2. The number of amides is 1. The molecule has 104 valence electrons. The Bertz CT molecular complexity index is 241. The quantitative estimate of drug-likeness (QED) is 0.834. The second-order valence-corrected chi connectivity index (χ2v) is 6.00. The van der Waals surface area contributed by atoms with Crippen molar-refractivity contribution in [3.8, 4) is 0 Å². The fourth-order valence-corrected chi connectivity index (χ4v) is 3.20. The molecule has 1 amide bonds. The predicted octanol–water partition coefficient (Wildman–Crippen LogP) is 2.56. The van der Waals surface area contributed by atoms with Gasteiger partial charge in [-0.3, -0.25) is 9.69 Å². The van der Waals surface area contributed by atoms with Gasteiger partial charge in [-0.25, -0.2) is 0 Å². The van der Waals surface area contributed by atoms with Crippen LogP contribution < -0.4 is 5.32 Å². The van der Waals surface area contributed by atoms with Crippen LogP contribution in [0.3, 0.4) is 0 Å². The first kappa shape index (κ1) is 13.9. The molecule has 0 aromatic rings. The van der Waals surface area contributed by atoms with Crippen LogP contribution in [0.5, 0.6) is 0 Å². The summed E-state index contributed by atoms with van der Waals surface area (Å²) in [4.78, 5) is 14.2. The van der Waals surface area contributed by atoms with Gasteiger partial charge >= 0.3 is 0 Å². The highest BCUT2D eigenvalue weighted by molar-refractivity contribution is 5.78. The topological polar surface area (TPSA) is 32.3 Å². The van der Waals surface area contributed by atoms with Gasteiger partial charge in [0.2, 0.25) is 5.91 Å². The molecule has 18 heavy (non-hydrogen) atoms. The summed E-state index contributed by atoms with van der Waals surface area (Å²) in [7, 11) is 0. The van der Waals surface area contributed by atoms with E-state index in [0.717, 1.165) is 25.6 Å². The first-order chi connectivity index (χ1) is 8.84. The summed E-state index contributed by atoms with van der Waals surface area (Å²) >= 11 is 0. The van der Waals surface area contributed by atoms with Crippen LogP contribution in [-0.2, 0) is 4.79 Å². The van der Waals surface area contributed by atoms with Crippen LogP contribution in [0, 0.1) is 5.92 Å². The highest BCUT2D eigenvalue weighted by Crippen LogP contribution is 2.22. The lowest BCUT2D eigenvalue weighted by Gasteiger charge is -2.23. The SMILES string of the molecule is O=C(CN1CCCCCC1)NCC1CCCCC1. The summed E-state index contributed by atoms with van der Waals surface area (Å²) in [5.74, 6) is 0.981. The monoisotopic (exact) mass is 252 g/mol. The van der Waals surface area contributed by atoms with Gasteiger partial charge in [0.05, 0.1) is 6.54 Å². The number of likely N-dealkylation sites (tertiary alicyclic amines) is 1. The predicted molar refractivity (Wildman–Crippen MR) is 74.5 cm³/mol. The van der Waals surface area contributed by atoms with Gasteiger partial charge in [0.15, 0.2) is 0 Å². The summed E-state index contributed by atoms with van der Waals surface area (Å²) in [5.41, 5.74) is 0. The van der Waals surface area contributed by atoms with Crippen LogP contribution in [0.25, 0.3) is 0 Å². The van der Waals surface area contributed by atoms with Crippen molar-refractivity contribution in [2.45, 2.75) is 57.8 Å². The minimum atomic E-state index is 0.238. The zero-order chi connectivity index (χ0) is 12.6. The molecular weight excluding hydrogens is 224 g/mol. The maximum absolute atomic E-state index is 11.9. The summed E-state index contributed by atoms with van der Waals surface area (Å²) in [6.45, 7) is 3.74. The van der Waals surface area contributed by atoms with E-state index in [2.05, 4.69) is 10.2 Å². The number of nitrogens with zero attached hydrogens (tertiary/aromatic N) is 1. The molecule has 3 heteroatoms. The average Bonchev–Trinajstić information content (AvgIpc) is 2.66. The van der Waals surface area contributed by atoms with E-state index in [-0.39, 0.29) is 5.91 Å². The molecule has 1 saturated heterocycles. The summed E-state index contributed by atoms with van der Waals surface area (Å²) in [6.07, 6.45) is 11.9. The van der Waals surface area contributed by atoms with Gasteiger partial charge in [-0.15, -0.1) is 0 Å². The molecule has 0 atom stereocenters. The van der Waals surface area contributed by atoms with Crippen molar-refractivity contribution in [3.05, 3.63) is 0 Å². The normalized spacial score (nSPS) is 23.6. The van der Waals surface area contributed by atoms with E-state index in [9.17, 15) is 4.79 Å². The largest absolute Gasteiger partial charge is 0.355 e. The third-order valence-electron chi connectivity index (χ3n) is 4.38. The number of nitrogens with one attached hydrogen (secondary N) is 1. The van der Waals surface area contributed by atoms with E-state index in [4.69, 9.17) is 0 Å². The van der Waals surface area contributed by atoms with Crippen molar-refractivity contribution in [2.24, 2.45) is 5.92 Å². The fraction of sp³-hybridized carbons (Fsp3) is 0.933. The van der Waals surface area contributed by atoms with Crippen molar-refractivity contribution in [3.63, 3.8) is 0 Å². The standard InChI is InChI=1S/C15H28N2O/c18-15(13-17-10-6-1-2-7-11-17)16-12-14-8-4-3-5-9-14/h14H,1-13H2,(H,16,18). The molecule has 1 saturated carbocycles. The van der Waals surface area contributed by atoms with Gasteiger partial charge < -0.3 is 5.32 Å². The maximum atomic E-state index is 11.9. The molecule has 0 aromatic heterocycles. The number of carbonyl (C=O) groups is 1. The zero-order valence-corrected chi connectivity index (χ0v) is 11.6. The van der Waals surface area contributed by atoms with Gasteiger partial charge in [0, 0.05) is 6.54 Å². The van der Waals surface area contributed by atoms with Crippen LogP contribution in [0.1, 0.15) is 57.8 Å². The van der Waals surface area contributed by atoms with Crippen LogP contribution in [0.15, 0.2) is 0 Å². The maximum Gasteiger partial charge on any atom is 0.234 e. The van der Waals surface area contributed by atoms with Crippen LogP contribution in [0.2, 0.25) is 0 Å². The first-order valence-corrected chi connectivity index (χ1v) is 7.83. The molecule has 0 spiro atoms. The lowest BCUT2D eigenvalue weighted by Crippen LogP contribution is -2.39. The molecule has 0 bridgehead atoms. The van der Waals surface area contributed by atoms with E-state index in [1.165, 1.54) is 57.8 Å². The lowest BCUT2D eigenvalue weighted by molar-refractivity contribution is -0.122. The molecule has 3 nitrogen and oxygen atoms in total. The van der Waals surface area contributed by atoms with Crippen molar-refractivity contribution in [1.29, 1.82) is 0 Å². The average molecular weight is 252 g/mol. The fourth-order valence-electron chi connectivity index (χ4n) is 3.20. The van der Waals surface area contributed by atoms with E-state index < -0.39 is 0 Å². The highest BCUT2D eigenvalue weighted by Gasteiger charge is 2.16. The second kappa shape index (κ2) is 7.78. The molecule has 1 N–H and O–H groups in total. The molecule has 0 unspecified atom stereocenters. The number of hydrogen-bond donors (Lipinski definition) is 1. The lowest BCUT2D eigenvalue weighted by atomic mass is 9.89. The molecule has 2 aliphatic rings. The molecule has 1 aliphatic carbocycles. The Morgan fingerprint density at radius 2 is 1.56 bits per heavy atom. The third-order valence-corrected chi connectivity index (χ3v) is 4.38. The van der Waals surface area contributed by atoms with Gasteiger partial charge in [-0.05, 0) is 44.7 Å². The van der Waals surface area contributed by atoms with Crippen LogP contribution >= 0.6 is 0 Å². The van der Waals surface area contributed by atoms with Gasteiger partial charge in [0.1, 0.15) is 0 Å². The molecule has 1 heterocycles. The van der Waals surface area contributed by atoms with Crippen molar-refractivity contribution < 1.29 is 4.79 Å². The molecule has 1 aliphatic heterocycles. The number of rotatable bonds is 4. The smallest absolute Gasteiger partial charge is 0.234 e. The molecule has 0 radical (unpaired) electrons. The Labute approximate surface area is 111 Å². The van der Waals surface area contributed by atoms with Gasteiger partial charge in [0.25, 0.3) is 0 Å². The second-order valence-electron chi connectivity index (χ2n) is 6.00. The summed E-state index contributed by atoms with van der Waals surface area (Å²) < 4.78 is 0. The van der Waals surface area contributed by atoms with E-state index in [1.54, 1.807) is 0 Å². The molecule has 2 fully saturated rings. The van der Waals surface area contributed by atoms with E-state index in [1.807, 2.05) is 0 Å². The minimum absolute atomic E-state index is 0.238. The first-order valence-electron chi connectivity index (χ1n) is 7.83. The number of hydrogen-bond acceptors (Lipinski definition) is 2. The van der Waals surface area contributed by atoms with Crippen molar-refractivity contribution in [2.75, 3.05) is 26.2 Å². The molecule has 2 rings (SSSR count). The Hall–Kier alpha value is -0.570. The Balaban J connectivity index is 1.61. The van der Waals surface area contributed by atoms with Crippen molar-refractivity contribution in [1.82, 2.24) is 10.2 Å². The number of carbonyl (C=O) groups excluding carboxylic acids is 1. The molecule has 0 aromatic carbocycles. The molecular formula is C15H28N2O. The minimum Gasteiger partial charge on any atom is -0.355 e. The van der Waals surface area contributed by atoms with E-state index >= 15 is 0 Å². The van der Waals surface area contributed by atoms with Crippen molar-refractivity contribution >= 4 is 5.91 Å². The van der Waals surface area contributed by atoms with Gasteiger partial charge in [-0.2, -0.15) is 0 Å². The van der Waals surface area contributed by atoms with Crippen LogP contribution in [-0.4, -0.2) is 37.0 Å².